The van der Waals surface area contributed by atoms with Crippen LogP contribution in [0.5, 0.6) is 0 Å². The van der Waals surface area contributed by atoms with E-state index < -0.39 is 5.60 Å². The molecule has 0 aromatic carbocycles. The number of carbonyl (C=O) groups is 1. The highest BCUT2D eigenvalue weighted by Gasteiger charge is 2.33. The minimum absolute atomic E-state index is 0.0648. The number of aromatic nitrogens is 1. The molecule has 128 valence electrons. The summed E-state index contributed by atoms with van der Waals surface area (Å²) in [6, 6.07) is 4.52. The predicted molar refractivity (Wildman–Crippen MR) is 92.5 cm³/mol. The van der Waals surface area contributed by atoms with Crippen LogP contribution in [0.3, 0.4) is 0 Å². The molecule has 0 spiro atoms. The highest BCUT2D eigenvalue weighted by molar-refractivity contribution is 5.69. The number of hydrogen-bond acceptors (Lipinski definition) is 4. The summed E-state index contributed by atoms with van der Waals surface area (Å²) in [4.78, 5) is 18.7. The number of hydrogen-bond donors (Lipinski definition) is 1. The zero-order chi connectivity index (χ0) is 17.0. The van der Waals surface area contributed by atoms with Gasteiger partial charge in [-0.3, -0.25) is 0 Å². The van der Waals surface area contributed by atoms with Gasteiger partial charge in [0.1, 0.15) is 11.4 Å². The van der Waals surface area contributed by atoms with Crippen molar-refractivity contribution in [2.24, 2.45) is 0 Å². The first kappa shape index (κ1) is 17.6. The molecule has 23 heavy (non-hydrogen) atoms. The van der Waals surface area contributed by atoms with Crippen LogP contribution in [0.4, 0.5) is 10.6 Å². The average Bonchev–Trinajstić information content (AvgIpc) is 2.95. The van der Waals surface area contributed by atoms with Gasteiger partial charge in [0.05, 0.1) is 6.04 Å². The molecule has 0 unspecified atom stereocenters. The van der Waals surface area contributed by atoms with Gasteiger partial charge in [-0.2, -0.15) is 0 Å². The van der Waals surface area contributed by atoms with E-state index in [1.54, 1.807) is 0 Å². The lowest BCUT2D eigenvalue weighted by molar-refractivity contribution is 0.0224. The lowest BCUT2D eigenvalue weighted by Crippen LogP contribution is -2.36. The molecule has 1 saturated heterocycles. The number of pyridine rings is 1. The molecule has 0 aliphatic carbocycles. The van der Waals surface area contributed by atoms with Crippen molar-refractivity contribution in [2.45, 2.75) is 71.6 Å². The fraction of sp³-hybridized carbons (Fsp3) is 0.667. The van der Waals surface area contributed by atoms with E-state index in [9.17, 15) is 4.79 Å². The smallest absolute Gasteiger partial charge is 0.410 e. The van der Waals surface area contributed by atoms with Crippen LogP contribution in [0.1, 0.15) is 65.5 Å². The van der Waals surface area contributed by atoms with Crippen molar-refractivity contribution in [1.29, 1.82) is 0 Å². The number of ether oxygens (including phenoxy) is 1. The average molecular weight is 319 g/mol. The molecule has 2 rings (SSSR count). The Labute approximate surface area is 139 Å². The Bertz CT molecular complexity index is 522. The normalized spacial score (nSPS) is 19.5. The molecule has 1 aliphatic rings. The molecule has 1 N–H and O–H groups in total. The van der Waals surface area contributed by atoms with Crippen molar-refractivity contribution in [1.82, 2.24) is 9.88 Å². The maximum absolute atomic E-state index is 12.4. The molecule has 1 fully saturated rings. The molecule has 0 bridgehead atoms. The van der Waals surface area contributed by atoms with Crippen LogP contribution in [-0.4, -0.2) is 34.2 Å². The Kier molecular flexibility index (Phi) is 5.50. The first-order valence-electron chi connectivity index (χ1n) is 8.52. The summed E-state index contributed by atoms with van der Waals surface area (Å²) in [5.74, 6) is 0.880. The number of nitrogens with zero attached hydrogens (tertiary/aromatic N) is 2. The van der Waals surface area contributed by atoms with Crippen molar-refractivity contribution < 1.29 is 9.53 Å². The van der Waals surface area contributed by atoms with Gasteiger partial charge in [0.25, 0.3) is 0 Å². The minimum atomic E-state index is -0.466. The Morgan fingerprint density at radius 1 is 1.48 bits per heavy atom. The van der Waals surface area contributed by atoms with Gasteiger partial charge in [0.2, 0.25) is 0 Å². The van der Waals surface area contributed by atoms with Gasteiger partial charge < -0.3 is 15.0 Å². The van der Waals surface area contributed by atoms with Gasteiger partial charge in [-0.25, -0.2) is 9.78 Å². The predicted octanol–water partition coefficient (Wildman–Crippen LogP) is 4.36. The van der Waals surface area contributed by atoms with Crippen molar-refractivity contribution in [3.05, 3.63) is 23.9 Å². The van der Waals surface area contributed by atoms with Crippen LogP contribution in [0.15, 0.2) is 18.3 Å². The lowest BCUT2D eigenvalue weighted by atomic mass is 10.1. The topological polar surface area (TPSA) is 54.5 Å². The van der Waals surface area contributed by atoms with Crippen LogP contribution in [-0.2, 0) is 4.74 Å². The lowest BCUT2D eigenvalue weighted by Gasteiger charge is -2.28. The summed E-state index contributed by atoms with van der Waals surface area (Å²) in [5.41, 5.74) is 0.607. The molecule has 0 saturated carbocycles. The second-order valence-corrected chi connectivity index (χ2v) is 7.26. The molecular weight excluding hydrogens is 290 g/mol. The molecule has 5 nitrogen and oxygen atoms in total. The summed E-state index contributed by atoms with van der Waals surface area (Å²) < 4.78 is 5.52. The van der Waals surface area contributed by atoms with Gasteiger partial charge in [0.15, 0.2) is 0 Å². The Hall–Kier alpha value is -1.78. The number of rotatable bonds is 4. The molecule has 1 aliphatic heterocycles. The van der Waals surface area contributed by atoms with E-state index in [-0.39, 0.29) is 12.1 Å². The monoisotopic (exact) mass is 319 g/mol. The number of likely N-dealkylation sites (tertiary alicyclic amines) is 1. The Morgan fingerprint density at radius 3 is 2.78 bits per heavy atom. The van der Waals surface area contributed by atoms with Crippen LogP contribution < -0.4 is 5.32 Å². The van der Waals surface area contributed by atoms with Crippen molar-refractivity contribution in [2.75, 3.05) is 11.9 Å². The summed E-state index contributed by atoms with van der Waals surface area (Å²) in [6.07, 6.45) is 4.65. The standard InChI is InChI=1S/C18H29N3O2/c1-6-13(2)20-16-10-9-14(12-19-16)15-8-7-11-21(15)17(22)23-18(3,4)5/h9-10,12-13,15H,6-8,11H2,1-5H3,(H,19,20)/t13-,15-/m0/s1. The number of amides is 1. The maximum atomic E-state index is 12.4. The quantitative estimate of drug-likeness (QED) is 0.895. The van der Waals surface area contributed by atoms with Crippen LogP contribution in [0, 0.1) is 0 Å². The highest BCUT2D eigenvalue weighted by atomic mass is 16.6. The van der Waals surface area contributed by atoms with Crippen LogP contribution >= 0.6 is 0 Å². The Morgan fingerprint density at radius 2 is 2.22 bits per heavy atom. The van der Waals surface area contributed by atoms with Crippen LogP contribution in [0.25, 0.3) is 0 Å². The fourth-order valence-electron chi connectivity index (χ4n) is 2.69. The van der Waals surface area contributed by atoms with Crippen molar-refractivity contribution >= 4 is 11.9 Å². The van der Waals surface area contributed by atoms with E-state index in [0.717, 1.165) is 37.2 Å². The third-order valence-electron chi connectivity index (χ3n) is 4.06. The SMILES string of the molecule is CC[C@H](C)Nc1ccc([C@@H]2CCCN2C(=O)OC(C)(C)C)cn1. The van der Waals surface area contributed by atoms with E-state index in [2.05, 4.69) is 30.2 Å². The third-order valence-corrected chi connectivity index (χ3v) is 4.06. The van der Waals surface area contributed by atoms with Gasteiger partial charge >= 0.3 is 6.09 Å². The van der Waals surface area contributed by atoms with Gasteiger partial charge in [-0.05, 0) is 58.6 Å². The third kappa shape index (κ3) is 4.85. The second kappa shape index (κ2) is 7.20. The van der Waals surface area contributed by atoms with E-state index in [1.807, 2.05) is 37.9 Å². The zero-order valence-corrected chi connectivity index (χ0v) is 14.9. The summed E-state index contributed by atoms with van der Waals surface area (Å²) in [5, 5.41) is 3.36. The van der Waals surface area contributed by atoms with E-state index in [0.29, 0.717) is 6.04 Å². The largest absolute Gasteiger partial charge is 0.444 e. The first-order valence-corrected chi connectivity index (χ1v) is 8.52. The summed E-state index contributed by atoms with van der Waals surface area (Å²) in [6.45, 7) is 10.7. The molecule has 1 aromatic heterocycles. The molecule has 0 radical (unpaired) electrons. The van der Waals surface area contributed by atoms with Gasteiger partial charge in [-0.15, -0.1) is 0 Å². The molecule has 2 atom stereocenters. The number of nitrogens with one attached hydrogen (secondary N) is 1. The molecule has 1 aromatic rings. The van der Waals surface area contributed by atoms with Crippen molar-refractivity contribution in [3.8, 4) is 0 Å². The fourth-order valence-corrected chi connectivity index (χ4v) is 2.69. The Balaban J connectivity index is 2.06. The minimum Gasteiger partial charge on any atom is -0.444 e. The zero-order valence-electron chi connectivity index (χ0n) is 14.9. The molecule has 2 heterocycles. The first-order chi connectivity index (χ1) is 10.8. The number of carbonyl (C=O) groups excluding carboxylic acids is 1. The van der Waals surface area contributed by atoms with Gasteiger partial charge in [-0.1, -0.05) is 13.0 Å². The molecule has 1 amide bonds. The van der Waals surface area contributed by atoms with E-state index >= 15 is 0 Å². The maximum Gasteiger partial charge on any atom is 0.410 e. The molecule has 5 heteroatoms. The van der Waals surface area contributed by atoms with Crippen LogP contribution in [0.2, 0.25) is 0 Å². The summed E-state index contributed by atoms with van der Waals surface area (Å²) >= 11 is 0. The van der Waals surface area contributed by atoms with E-state index in [1.165, 1.54) is 0 Å². The van der Waals surface area contributed by atoms with Crippen molar-refractivity contribution in [3.63, 3.8) is 0 Å². The van der Waals surface area contributed by atoms with E-state index in [4.69, 9.17) is 4.74 Å². The van der Waals surface area contributed by atoms with Gasteiger partial charge in [0, 0.05) is 18.8 Å². The summed E-state index contributed by atoms with van der Waals surface area (Å²) in [7, 11) is 0. The number of anilines is 1. The highest BCUT2D eigenvalue weighted by Crippen LogP contribution is 2.33. The second-order valence-electron chi connectivity index (χ2n) is 7.26. The molecular formula is C18H29N3O2.